The molecule has 0 spiro atoms. The summed E-state index contributed by atoms with van der Waals surface area (Å²) in [4.78, 5) is 4.26. The Kier molecular flexibility index (Phi) is 3.73. The Balaban J connectivity index is 2.11. The quantitative estimate of drug-likeness (QED) is 0.649. The first-order valence-electron chi connectivity index (χ1n) is 6.45. The van der Waals surface area contributed by atoms with Crippen molar-refractivity contribution in [1.82, 2.24) is 5.32 Å². The molecule has 1 aliphatic rings. The Labute approximate surface area is 111 Å². The van der Waals surface area contributed by atoms with Crippen LogP contribution in [0.25, 0.3) is 0 Å². The first-order valence-corrected chi connectivity index (χ1v) is 6.45. The van der Waals surface area contributed by atoms with Crippen LogP contribution in [0.2, 0.25) is 0 Å². The molecule has 0 saturated heterocycles. The number of nitrogens with one attached hydrogen (secondary N) is 1. The van der Waals surface area contributed by atoms with Crippen LogP contribution in [0.3, 0.4) is 0 Å². The van der Waals surface area contributed by atoms with Crippen molar-refractivity contribution < 1.29 is 8.78 Å². The molecule has 1 aliphatic carbocycles. The van der Waals surface area contributed by atoms with E-state index in [2.05, 4.69) is 10.3 Å². The minimum absolute atomic E-state index is 0.210. The minimum atomic E-state index is -0.554. The van der Waals surface area contributed by atoms with Gasteiger partial charge in [-0.05, 0) is 38.3 Å². The molecule has 1 aromatic rings. The lowest BCUT2D eigenvalue weighted by Crippen LogP contribution is -2.37. The largest absolute Gasteiger partial charge is 0.370 e. The lowest BCUT2D eigenvalue weighted by Gasteiger charge is -2.15. The van der Waals surface area contributed by atoms with E-state index in [4.69, 9.17) is 5.73 Å². The standard InChI is InChI=1S/C14H19F2N3/c1-9(2)19-13(17)18-8-14(5-6-14)11-4-3-10(15)7-12(11)16/h3-4,7,9H,5-6,8H2,1-2H3,(H3,17,18,19). The Morgan fingerprint density at radius 1 is 1.42 bits per heavy atom. The van der Waals surface area contributed by atoms with E-state index in [9.17, 15) is 8.78 Å². The maximum Gasteiger partial charge on any atom is 0.188 e. The third kappa shape index (κ3) is 3.22. The van der Waals surface area contributed by atoms with Crippen LogP contribution < -0.4 is 11.1 Å². The Morgan fingerprint density at radius 2 is 2.11 bits per heavy atom. The summed E-state index contributed by atoms with van der Waals surface area (Å²) in [6.45, 7) is 4.37. The molecule has 104 valence electrons. The summed E-state index contributed by atoms with van der Waals surface area (Å²) in [5, 5.41) is 2.99. The number of hydrogen-bond acceptors (Lipinski definition) is 1. The fraction of sp³-hybridized carbons (Fsp3) is 0.500. The number of rotatable bonds is 4. The van der Waals surface area contributed by atoms with Gasteiger partial charge in [0, 0.05) is 17.5 Å². The van der Waals surface area contributed by atoms with Gasteiger partial charge in [0.25, 0.3) is 0 Å². The zero-order valence-electron chi connectivity index (χ0n) is 11.2. The van der Waals surface area contributed by atoms with Crippen molar-refractivity contribution in [2.45, 2.75) is 38.1 Å². The highest BCUT2D eigenvalue weighted by atomic mass is 19.1. The maximum atomic E-state index is 13.8. The van der Waals surface area contributed by atoms with Crippen molar-refractivity contribution in [3.63, 3.8) is 0 Å². The van der Waals surface area contributed by atoms with Crippen LogP contribution in [-0.4, -0.2) is 18.5 Å². The molecule has 0 aliphatic heterocycles. The summed E-state index contributed by atoms with van der Waals surface area (Å²) in [7, 11) is 0. The van der Waals surface area contributed by atoms with E-state index in [1.165, 1.54) is 12.1 Å². The van der Waals surface area contributed by atoms with Gasteiger partial charge >= 0.3 is 0 Å². The van der Waals surface area contributed by atoms with Gasteiger partial charge in [-0.1, -0.05) is 6.07 Å². The molecule has 0 radical (unpaired) electrons. The molecule has 19 heavy (non-hydrogen) atoms. The monoisotopic (exact) mass is 267 g/mol. The molecule has 1 saturated carbocycles. The van der Waals surface area contributed by atoms with Crippen molar-refractivity contribution >= 4 is 5.96 Å². The smallest absolute Gasteiger partial charge is 0.188 e. The van der Waals surface area contributed by atoms with E-state index >= 15 is 0 Å². The van der Waals surface area contributed by atoms with Crippen LogP contribution in [-0.2, 0) is 5.41 Å². The van der Waals surface area contributed by atoms with E-state index in [1.807, 2.05) is 13.8 Å². The molecule has 0 aromatic heterocycles. The topological polar surface area (TPSA) is 50.4 Å². The highest BCUT2D eigenvalue weighted by molar-refractivity contribution is 5.78. The first kappa shape index (κ1) is 13.8. The van der Waals surface area contributed by atoms with Crippen molar-refractivity contribution in [3.05, 3.63) is 35.4 Å². The molecule has 3 N–H and O–H groups in total. The average Bonchev–Trinajstić information content (AvgIpc) is 3.06. The van der Waals surface area contributed by atoms with E-state index in [0.717, 1.165) is 18.9 Å². The highest BCUT2D eigenvalue weighted by Gasteiger charge is 2.46. The van der Waals surface area contributed by atoms with Crippen LogP contribution in [0.1, 0.15) is 32.3 Å². The number of halogens is 2. The van der Waals surface area contributed by atoms with Crippen LogP contribution in [0.5, 0.6) is 0 Å². The number of nitrogens with zero attached hydrogens (tertiary/aromatic N) is 1. The van der Waals surface area contributed by atoms with Crippen LogP contribution in [0.4, 0.5) is 8.78 Å². The fourth-order valence-electron chi connectivity index (χ4n) is 2.16. The molecule has 2 rings (SSSR count). The second-order valence-corrected chi connectivity index (χ2v) is 5.41. The highest BCUT2D eigenvalue weighted by Crippen LogP contribution is 2.49. The van der Waals surface area contributed by atoms with E-state index < -0.39 is 11.6 Å². The summed E-state index contributed by atoms with van der Waals surface area (Å²) < 4.78 is 26.7. The third-order valence-corrected chi connectivity index (χ3v) is 3.34. The molecular formula is C14H19F2N3. The SMILES string of the molecule is CC(C)NC(N)=NCC1(c2ccc(F)cc2F)CC1. The fourth-order valence-corrected chi connectivity index (χ4v) is 2.16. The number of benzene rings is 1. The van der Waals surface area contributed by atoms with Crippen molar-refractivity contribution in [2.75, 3.05) is 6.54 Å². The molecule has 5 heteroatoms. The molecule has 0 amide bonds. The van der Waals surface area contributed by atoms with Crippen molar-refractivity contribution in [2.24, 2.45) is 10.7 Å². The predicted octanol–water partition coefficient (Wildman–Crippen LogP) is 2.31. The average molecular weight is 267 g/mol. The van der Waals surface area contributed by atoms with E-state index in [1.54, 1.807) is 0 Å². The zero-order chi connectivity index (χ0) is 14.0. The summed E-state index contributed by atoms with van der Waals surface area (Å²) >= 11 is 0. The Morgan fingerprint density at radius 3 is 2.63 bits per heavy atom. The molecule has 3 nitrogen and oxygen atoms in total. The summed E-state index contributed by atoms with van der Waals surface area (Å²) in [6, 6.07) is 3.94. The second-order valence-electron chi connectivity index (χ2n) is 5.41. The van der Waals surface area contributed by atoms with E-state index in [0.29, 0.717) is 18.1 Å². The molecule has 0 bridgehead atoms. The molecule has 0 heterocycles. The molecule has 1 aromatic carbocycles. The van der Waals surface area contributed by atoms with Crippen LogP contribution in [0, 0.1) is 11.6 Å². The number of nitrogens with two attached hydrogens (primary N) is 1. The van der Waals surface area contributed by atoms with Gasteiger partial charge in [-0.15, -0.1) is 0 Å². The number of aliphatic imine (C=N–C) groups is 1. The van der Waals surface area contributed by atoms with Crippen molar-refractivity contribution in [1.29, 1.82) is 0 Å². The first-order chi connectivity index (χ1) is 8.93. The summed E-state index contributed by atoms with van der Waals surface area (Å²) in [6.07, 6.45) is 1.71. The lowest BCUT2D eigenvalue weighted by atomic mass is 9.95. The van der Waals surface area contributed by atoms with Gasteiger partial charge in [-0.2, -0.15) is 0 Å². The second kappa shape index (κ2) is 5.15. The Hall–Kier alpha value is -1.65. The van der Waals surface area contributed by atoms with Gasteiger partial charge in [0.05, 0.1) is 6.54 Å². The van der Waals surface area contributed by atoms with Crippen LogP contribution >= 0.6 is 0 Å². The molecule has 0 unspecified atom stereocenters. The van der Waals surface area contributed by atoms with Gasteiger partial charge in [0.1, 0.15) is 11.6 Å². The number of hydrogen-bond donors (Lipinski definition) is 2. The van der Waals surface area contributed by atoms with Gasteiger partial charge in [-0.3, -0.25) is 4.99 Å². The summed E-state index contributed by atoms with van der Waals surface area (Å²) in [5.41, 5.74) is 5.97. The molecular weight excluding hydrogens is 248 g/mol. The van der Waals surface area contributed by atoms with Crippen molar-refractivity contribution in [3.8, 4) is 0 Å². The zero-order valence-corrected chi connectivity index (χ0v) is 11.2. The van der Waals surface area contributed by atoms with Gasteiger partial charge in [0.15, 0.2) is 5.96 Å². The predicted molar refractivity (Wildman–Crippen MR) is 72.0 cm³/mol. The maximum absolute atomic E-state index is 13.8. The summed E-state index contributed by atoms with van der Waals surface area (Å²) in [5.74, 6) is -0.687. The number of guanidine groups is 1. The van der Waals surface area contributed by atoms with Crippen LogP contribution in [0.15, 0.2) is 23.2 Å². The lowest BCUT2D eigenvalue weighted by molar-refractivity contribution is 0.548. The molecule has 1 fully saturated rings. The normalized spacial score (nSPS) is 17.6. The van der Waals surface area contributed by atoms with Gasteiger partial charge in [0.2, 0.25) is 0 Å². The Bertz CT molecular complexity index is 493. The molecule has 0 atom stereocenters. The van der Waals surface area contributed by atoms with Gasteiger partial charge in [-0.25, -0.2) is 8.78 Å². The third-order valence-electron chi connectivity index (χ3n) is 3.34. The minimum Gasteiger partial charge on any atom is -0.370 e. The van der Waals surface area contributed by atoms with Gasteiger partial charge < -0.3 is 11.1 Å². The van der Waals surface area contributed by atoms with E-state index in [-0.39, 0.29) is 11.5 Å².